The van der Waals surface area contributed by atoms with Gasteiger partial charge in [-0.15, -0.1) is 0 Å². The third kappa shape index (κ3) is 7.19. The van der Waals surface area contributed by atoms with Crippen molar-refractivity contribution in [2.24, 2.45) is 0 Å². The third-order valence-corrected chi connectivity index (χ3v) is 9.66. The largest absolute Gasteiger partial charge is 0.494 e. The number of carbonyl (C=O) groups is 1. The van der Waals surface area contributed by atoms with Crippen LogP contribution < -0.4 is 19.1 Å². The van der Waals surface area contributed by atoms with Gasteiger partial charge in [-0.05, 0) is 104 Å². The van der Waals surface area contributed by atoms with Crippen molar-refractivity contribution in [2.75, 3.05) is 27.5 Å². The minimum Gasteiger partial charge on any atom is -0.494 e. The second-order valence-electron chi connectivity index (χ2n) is 8.98. The van der Waals surface area contributed by atoms with E-state index in [1.54, 1.807) is 37.3 Å². The van der Waals surface area contributed by atoms with Crippen LogP contribution in [0.1, 0.15) is 12.5 Å². The van der Waals surface area contributed by atoms with Gasteiger partial charge >= 0.3 is 0 Å². The van der Waals surface area contributed by atoms with E-state index >= 15 is 0 Å². The number of sulfonamides is 2. The molecule has 0 spiro atoms. The Morgan fingerprint density at radius 1 is 0.881 bits per heavy atom. The highest BCUT2D eigenvalue weighted by Crippen LogP contribution is 2.28. The Morgan fingerprint density at radius 3 is 2.12 bits per heavy atom. The van der Waals surface area contributed by atoms with Crippen LogP contribution in [0.15, 0.2) is 101 Å². The van der Waals surface area contributed by atoms with E-state index in [-0.39, 0.29) is 21.2 Å². The lowest BCUT2D eigenvalue weighted by atomic mass is 10.2. The van der Waals surface area contributed by atoms with Gasteiger partial charge in [0.15, 0.2) is 0 Å². The van der Waals surface area contributed by atoms with E-state index in [1.165, 1.54) is 36.4 Å². The predicted molar refractivity (Wildman–Crippen MR) is 161 cm³/mol. The second kappa shape index (κ2) is 12.8. The smallest absolute Gasteiger partial charge is 0.264 e. The van der Waals surface area contributed by atoms with Gasteiger partial charge in [0.2, 0.25) is 5.91 Å². The molecule has 0 aliphatic rings. The molecule has 0 unspecified atom stereocenters. The average molecular weight is 632 g/mol. The molecular weight excluding hydrogens is 605 g/mol. The van der Waals surface area contributed by atoms with Gasteiger partial charge in [-0.2, -0.15) is 0 Å². The summed E-state index contributed by atoms with van der Waals surface area (Å²) in [5.74, 6) is -0.791. The van der Waals surface area contributed by atoms with Crippen LogP contribution >= 0.6 is 11.6 Å². The Kier molecular flexibility index (Phi) is 9.40. The summed E-state index contributed by atoms with van der Waals surface area (Å²) in [5.41, 5.74) is 1.32. The number of hydrogen-bond donors (Lipinski definition) is 2. The normalized spacial score (nSPS) is 11.5. The SMILES string of the molecule is CCOc1ccc(N(CC(=O)Nc2ccc(S(=O)(=O)Nc3cccc(Cl)c3C)cc2)S(=O)(=O)c2ccc(F)cc2)cc1. The third-order valence-electron chi connectivity index (χ3n) is 6.08. The fourth-order valence-corrected chi connectivity index (χ4v) is 6.61. The van der Waals surface area contributed by atoms with Gasteiger partial charge in [-0.1, -0.05) is 17.7 Å². The molecule has 4 rings (SSSR count). The van der Waals surface area contributed by atoms with Crippen LogP contribution in [0, 0.1) is 12.7 Å². The first-order valence-electron chi connectivity index (χ1n) is 12.6. The van der Waals surface area contributed by atoms with Gasteiger partial charge in [-0.3, -0.25) is 13.8 Å². The van der Waals surface area contributed by atoms with Crippen molar-refractivity contribution in [3.8, 4) is 5.75 Å². The minimum absolute atomic E-state index is 0.0604. The molecular formula is C29H27ClFN3O6S2. The average Bonchev–Trinajstić information content (AvgIpc) is 2.95. The topological polar surface area (TPSA) is 122 Å². The quantitative estimate of drug-likeness (QED) is 0.215. The Morgan fingerprint density at radius 2 is 1.50 bits per heavy atom. The molecule has 9 nitrogen and oxygen atoms in total. The van der Waals surface area contributed by atoms with E-state index in [9.17, 15) is 26.0 Å². The fourth-order valence-electron chi connectivity index (χ4n) is 3.89. The van der Waals surface area contributed by atoms with E-state index in [1.807, 2.05) is 6.92 Å². The van der Waals surface area contributed by atoms with Gasteiger partial charge in [0.1, 0.15) is 18.1 Å². The highest BCUT2D eigenvalue weighted by Gasteiger charge is 2.27. The Labute approximate surface area is 249 Å². The van der Waals surface area contributed by atoms with Crippen LogP contribution in [-0.4, -0.2) is 35.9 Å². The number of amides is 1. The molecule has 4 aromatic carbocycles. The number of anilines is 3. The molecule has 0 saturated carbocycles. The molecule has 0 aromatic heterocycles. The summed E-state index contributed by atoms with van der Waals surface area (Å²) >= 11 is 6.09. The summed E-state index contributed by atoms with van der Waals surface area (Å²) < 4.78 is 75.1. The van der Waals surface area contributed by atoms with Crippen LogP contribution in [0.2, 0.25) is 5.02 Å². The minimum atomic E-state index is -4.28. The predicted octanol–water partition coefficient (Wildman–Crippen LogP) is 5.82. The van der Waals surface area contributed by atoms with Crippen LogP contribution in [0.4, 0.5) is 21.5 Å². The zero-order valence-electron chi connectivity index (χ0n) is 22.5. The van der Waals surface area contributed by atoms with Gasteiger partial charge < -0.3 is 10.1 Å². The van der Waals surface area contributed by atoms with E-state index in [0.29, 0.717) is 28.6 Å². The summed E-state index contributed by atoms with van der Waals surface area (Å²) in [6.07, 6.45) is 0. The van der Waals surface area contributed by atoms with Crippen molar-refractivity contribution >= 4 is 54.6 Å². The summed E-state index contributed by atoms with van der Waals surface area (Å²) in [6, 6.07) is 20.6. The van der Waals surface area contributed by atoms with E-state index in [4.69, 9.17) is 16.3 Å². The number of nitrogens with zero attached hydrogens (tertiary/aromatic N) is 1. The molecule has 0 saturated heterocycles. The number of ether oxygens (including phenoxy) is 1. The number of carbonyl (C=O) groups excluding carboxylic acids is 1. The van der Waals surface area contributed by atoms with Crippen molar-refractivity contribution < 1.29 is 30.8 Å². The first-order chi connectivity index (χ1) is 19.9. The number of nitrogens with one attached hydrogen (secondary N) is 2. The van der Waals surface area contributed by atoms with Crippen LogP contribution in [0.5, 0.6) is 5.75 Å². The molecule has 4 aromatic rings. The van der Waals surface area contributed by atoms with Crippen molar-refractivity contribution in [1.29, 1.82) is 0 Å². The standard InChI is InChI=1S/C29H27ClFN3O6S2/c1-3-40-24-13-11-23(12-14-24)34(42(38,39)26-15-7-21(31)8-16-26)19-29(35)32-22-9-17-25(18-10-22)41(36,37)33-28-6-4-5-27(30)20(28)2/h4-18,33H,3,19H2,1-2H3,(H,32,35). The lowest BCUT2D eigenvalue weighted by Gasteiger charge is -2.24. The zero-order valence-corrected chi connectivity index (χ0v) is 24.9. The molecule has 0 aliphatic heterocycles. The highest BCUT2D eigenvalue weighted by molar-refractivity contribution is 7.93. The molecule has 0 radical (unpaired) electrons. The van der Waals surface area contributed by atoms with Crippen molar-refractivity contribution in [2.45, 2.75) is 23.6 Å². The van der Waals surface area contributed by atoms with E-state index in [0.717, 1.165) is 28.6 Å². The van der Waals surface area contributed by atoms with Gasteiger partial charge in [0.25, 0.3) is 20.0 Å². The number of halogens is 2. The molecule has 0 bridgehead atoms. The molecule has 0 heterocycles. The van der Waals surface area contributed by atoms with Gasteiger partial charge in [0, 0.05) is 10.7 Å². The van der Waals surface area contributed by atoms with E-state index in [2.05, 4.69) is 10.0 Å². The molecule has 0 atom stereocenters. The summed E-state index contributed by atoms with van der Waals surface area (Å²) in [6.45, 7) is 3.28. The van der Waals surface area contributed by atoms with Crippen molar-refractivity contribution in [3.05, 3.63) is 107 Å². The fraction of sp³-hybridized carbons (Fsp3) is 0.138. The second-order valence-corrected chi connectivity index (χ2v) is 12.9. The Hall–Kier alpha value is -4.13. The van der Waals surface area contributed by atoms with Crippen molar-refractivity contribution in [1.82, 2.24) is 0 Å². The maximum atomic E-state index is 13.5. The summed E-state index contributed by atoms with van der Waals surface area (Å²) in [4.78, 5) is 12.8. The number of rotatable bonds is 11. The summed E-state index contributed by atoms with van der Waals surface area (Å²) in [5, 5.41) is 3.00. The maximum Gasteiger partial charge on any atom is 0.264 e. The number of hydrogen-bond acceptors (Lipinski definition) is 6. The lowest BCUT2D eigenvalue weighted by Crippen LogP contribution is -2.38. The first kappa shape index (κ1) is 30.8. The van der Waals surface area contributed by atoms with Gasteiger partial charge in [0.05, 0.1) is 27.8 Å². The van der Waals surface area contributed by atoms with Gasteiger partial charge in [-0.25, -0.2) is 21.2 Å². The summed E-state index contributed by atoms with van der Waals surface area (Å²) in [7, 11) is -8.24. The molecule has 0 fully saturated rings. The zero-order chi connectivity index (χ0) is 30.5. The molecule has 1 amide bonds. The van der Waals surface area contributed by atoms with Crippen molar-refractivity contribution in [3.63, 3.8) is 0 Å². The Balaban J connectivity index is 1.54. The highest BCUT2D eigenvalue weighted by atomic mass is 35.5. The molecule has 42 heavy (non-hydrogen) atoms. The van der Waals surface area contributed by atoms with Crippen LogP contribution in [0.25, 0.3) is 0 Å². The van der Waals surface area contributed by atoms with Crippen LogP contribution in [0.3, 0.4) is 0 Å². The first-order valence-corrected chi connectivity index (χ1v) is 15.9. The number of benzene rings is 4. The van der Waals surface area contributed by atoms with Crippen LogP contribution in [-0.2, 0) is 24.8 Å². The molecule has 220 valence electrons. The molecule has 0 aliphatic carbocycles. The van der Waals surface area contributed by atoms with E-state index < -0.39 is 38.3 Å². The lowest BCUT2D eigenvalue weighted by molar-refractivity contribution is -0.114. The monoisotopic (exact) mass is 631 g/mol. The Bertz CT molecular complexity index is 1780. The molecule has 2 N–H and O–H groups in total. The maximum absolute atomic E-state index is 13.5. The molecule has 13 heteroatoms.